The molecule has 2 aromatic rings. The first-order chi connectivity index (χ1) is 12.4. The quantitative estimate of drug-likeness (QED) is 0.619. The molecule has 1 aliphatic heterocycles. The van der Waals surface area contributed by atoms with E-state index in [1.807, 2.05) is 12.4 Å². The first-order valence-electron chi connectivity index (χ1n) is 9.93. The van der Waals surface area contributed by atoms with Crippen LogP contribution < -0.4 is 10.2 Å². The fraction of sp³-hybridized carbons (Fsp3) is 0.522. The maximum Gasteiger partial charge on any atom is 0.0559 e. The van der Waals surface area contributed by atoms with Crippen LogP contribution in [0.15, 0.2) is 36.7 Å². The van der Waals surface area contributed by atoms with Crippen molar-refractivity contribution in [3.05, 3.63) is 47.8 Å². The molecule has 1 aliphatic carbocycles. The highest BCUT2D eigenvalue weighted by molar-refractivity contribution is 5.86. The summed E-state index contributed by atoms with van der Waals surface area (Å²) in [6.45, 7) is 13.7. The van der Waals surface area contributed by atoms with Crippen LogP contribution in [0.1, 0.15) is 51.7 Å². The summed E-state index contributed by atoms with van der Waals surface area (Å²) in [4.78, 5) is 6.98. The number of benzene rings is 1. The summed E-state index contributed by atoms with van der Waals surface area (Å²) in [5, 5.41) is 3.42. The van der Waals surface area contributed by atoms with Gasteiger partial charge in [0.15, 0.2) is 0 Å². The van der Waals surface area contributed by atoms with Gasteiger partial charge in [-0.1, -0.05) is 45.9 Å². The molecule has 0 spiro atoms. The van der Waals surface area contributed by atoms with Gasteiger partial charge in [-0.2, -0.15) is 0 Å². The van der Waals surface area contributed by atoms with Crippen molar-refractivity contribution >= 4 is 42.9 Å². The highest BCUT2D eigenvalue weighted by Crippen LogP contribution is 2.46. The molecule has 3 nitrogen and oxygen atoms in total. The molecule has 4 rings (SSSR count). The number of hydrogen-bond donors (Lipinski definition) is 1. The lowest BCUT2D eigenvalue weighted by atomic mass is 9.63. The van der Waals surface area contributed by atoms with E-state index in [-0.39, 0.29) is 48.1 Å². The summed E-state index contributed by atoms with van der Waals surface area (Å²) in [7, 11) is 0. The third-order valence-electron chi connectivity index (χ3n) is 6.39. The van der Waals surface area contributed by atoms with Crippen LogP contribution in [0.25, 0.3) is 11.1 Å². The zero-order valence-corrected chi connectivity index (χ0v) is 20.3. The number of aromatic nitrogens is 1. The smallest absolute Gasteiger partial charge is 0.0559 e. The van der Waals surface area contributed by atoms with E-state index < -0.39 is 0 Å². The Morgan fingerprint density at radius 2 is 1.41 bits per heavy atom. The minimum atomic E-state index is 0. The lowest BCUT2D eigenvalue weighted by Crippen LogP contribution is -2.43. The molecule has 0 atom stereocenters. The van der Waals surface area contributed by atoms with Gasteiger partial charge in [0.25, 0.3) is 0 Å². The molecular weight excluding hydrogens is 425 g/mol. The predicted octanol–water partition coefficient (Wildman–Crippen LogP) is 5.77. The number of piperazine rings is 1. The number of hydrogen-bond acceptors (Lipinski definition) is 3. The highest BCUT2D eigenvalue weighted by atomic mass is 35.5. The molecule has 0 saturated carbocycles. The van der Waals surface area contributed by atoms with Crippen molar-refractivity contribution in [2.24, 2.45) is 0 Å². The minimum absolute atomic E-state index is 0. The summed E-state index contributed by atoms with van der Waals surface area (Å²) in [5.74, 6) is 0. The fourth-order valence-electron chi connectivity index (χ4n) is 4.45. The Morgan fingerprint density at radius 3 is 2.07 bits per heavy atom. The fourth-order valence-corrected chi connectivity index (χ4v) is 4.45. The van der Waals surface area contributed by atoms with Gasteiger partial charge in [0, 0.05) is 37.9 Å². The Kier molecular flexibility index (Phi) is 8.86. The second-order valence-electron chi connectivity index (χ2n) is 9.20. The Balaban J connectivity index is 0.00000140. The summed E-state index contributed by atoms with van der Waals surface area (Å²) >= 11 is 0. The van der Waals surface area contributed by atoms with Gasteiger partial charge in [0.1, 0.15) is 0 Å². The number of halogens is 3. The second kappa shape index (κ2) is 9.87. The van der Waals surface area contributed by atoms with Crippen LogP contribution in [0, 0.1) is 0 Å². The number of rotatable bonds is 2. The van der Waals surface area contributed by atoms with Gasteiger partial charge in [0.05, 0.1) is 11.9 Å². The van der Waals surface area contributed by atoms with Crippen molar-refractivity contribution in [1.82, 2.24) is 10.3 Å². The van der Waals surface area contributed by atoms with Gasteiger partial charge in [-0.25, -0.2) is 0 Å². The summed E-state index contributed by atoms with van der Waals surface area (Å²) < 4.78 is 0. The van der Waals surface area contributed by atoms with Gasteiger partial charge in [0.2, 0.25) is 0 Å². The number of pyridine rings is 1. The van der Waals surface area contributed by atoms with Crippen LogP contribution in [0.3, 0.4) is 0 Å². The Bertz CT molecular complexity index is 815. The predicted molar refractivity (Wildman–Crippen MR) is 132 cm³/mol. The molecule has 0 amide bonds. The van der Waals surface area contributed by atoms with Crippen molar-refractivity contribution in [3.63, 3.8) is 0 Å². The Labute approximate surface area is 194 Å². The van der Waals surface area contributed by atoms with E-state index >= 15 is 0 Å². The largest absolute Gasteiger partial charge is 0.368 e. The van der Waals surface area contributed by atoms with Crippen LogP contribution in [0.5, 0.6) is 0 Å². The molecule has 29 heavy (non-hydrogen) atoms. The topological polar surface area (TPSA) is 28.2 Å². The van der Waals surface area contributed by atoms with E-state index in [9.17, 15) is 0 Å². The van der Waals surface area contributed by atoms with E-state index in [1.165, 1.54) is 40.8 Å². The zero-order valence-electron chi connectivity index (χ0n) is 17.8. The van der Waals surface area contributed by atoms with Crippen LogP contribution in [-0.2, 0) is 10.8 Å². The first-order valence-corrected chi connectivity index (χ1v) is 9.93. The van der Waals surface area contributed by atoms with Crippen LogP contribution in [0.2, 0.25) is 0 Å². The van der Waals surface area contributed by atoms with Crippen LogP contribution >= 0.6 is 37.2 Å². The van der Waals surface area contributed by atoms with E-state index in [2.05, 4.69) is 67.2 Å². The SMILES string of the molecule is CC1(C)CCC(C)(C)c2cc(-c3cncc(N4CCNCC4)c3)ccc21.Cl.Cl.Cl. The summed E-state index contributed by atoms with van der Waals surface area (Å²) in [5.41, 5.74) is 7.29. The van der Waals surface area contributed by atoms with E-state index in [0.717, 1.165) is 26.2 Å². The molecule has 0 bridgehead atoms. The van der Waals surface area contributed by atoms with Crippen molar-refractivity contribution in [2.45, 2.75) is 51.4 Å². The van der Waals surface area contributed by atoms with E-state index in [0.29, 0.717) is 0 Å². The van der Waals surface area contributed by atoms with E-state index in [4.69, 9.17) is 0 Å². The molecule has 0 radical (unpaired) electrons. The van der Waals surface area contributed by atoms with Gasteiger partial charge >= 0.3 is 0 Å². The maximum atomic E-state index is 4.55. The standard InChI is InChI=1S/C23H31N3.3ClH/c1-22(2)7-8-23(3,4)21-14-17(5-6-20(21)22)18-13-19(16-25-15-18)26-11-9-24-10-12-26;;;/h5-6,13-16,24H,7-12H2,1-4H3;3*1H. The van der Waals surface area contributed by atoms with Crippen LogP contribution in [0.4, 0.5) is 5.69 Å². The molecular formula is C23H34Cl3N3. The average Bonchev–Trinajstić information content (AvgIpc) is 2.66. The molecule has 1 aromatic heterocycles. The zero-order chi connectivity index (χ0) is 18.4. The monoisotopic (exact) mass is 457 g/mol. The van der Waals surface area contributed by atoms with Gasteiger partial charge in [-0.15, -0.1) is 37.2 Å². The number of nitrogens with zero attached hydrogens (tertiary/aromatic N) is 2. The molecule has 162 valence electrons. The third kappa shape index (κ3) is 5.19. The molecule has 2 aliphatic rings. The van der Waals surface area contributed by atoms with Crippen molar-refractivity contribution in [2.75, 3.05) is 31.1 Å². The summed E-state index contributed by atoms with van der Waals surface area (Å²) in [6.07, 6.45) is 6.51. The van der Waals surface area contributed by atoms with Gasteiger partial charge in [-0.3, -0.25) is 4.98 Å². The van der Waals surface area contributed by atoms with Gasteiger partial charge < -0.3 is 10.2 Å². The second-order valence-corrected chi connectivity index (χ2v) is 9.20. The van der Waals surface area contributed by atoms with E-state index in [1.54, 1.807) is 0 Å². The molecule has 1 saturated heterocycles. The number of nitrogens with one attached hydrogen (secondary N) is 1. The molecule has 1 fully saturated rings. The lowest BCUT2D eigenvalue weighted by molar-refractivity contribution is 0.332. The molecule has 1 aromatic carbocycles. The molecule has 0 unspecified atom stereocenters. The third-order valence-corrected chi connectivity index (χ3v) is 6.39. The normalized spacial score (nSPS) is 19.1. The average molecular weight is 459 g/mol. The summed E-state index contributed by atoms with van der Waals surface area (Å²) in [6, 6.07) is 9.39. The molecule has 2 heterocycles. The minimum Gasteiger partial charge on any atom is -0.368 e. The maximum absolute atomic E-state index is 4.55. The molecule has 1 N–H and O–H groups in total. The van der Waals surface area contributed by atoms with Gasteiger partial charge in [-0.05, 0) is 46.4 Å². The van der Waals surface area contributed by atoms with Crippen molar-refractivity contribution in [1.29, 1.82) is 0 Å². The lowest BCUT2D eigenvalue weighted by Gasteiger charge is -2.42. The van der Waals surface area contributed by atoms with Crippen molar-refractivity contribution in [3.8, 4) is 11.1 Å². The Hall–Kier alpha value is -1.000. The Morgan fingerprint density at radius 1 is 0.793 bits per heavy atom. The first kappa shape index (κ1) is 26.0. The number of fused-ring (bicyclic) bond motifs is 1. The number of anilines is 1. The highest BCUT2D eigenvalue weighted by Gasteiger charge is 2.36. The van der Waals surface area contributed by atoms with Crippen LogP contribution in [-0.4, -0.2) is 31.2 Å². The molecule has 6 heteroatoms. The van der Waals surface area contributed by atoms with Crippen molar-refractivity contribution < 1.29 is 0 Å².